The molecule has 1 aliphatic carbocycles. The van der Waals surface area contributed by atoms with E-state index in [2.05, 4.69) is 51.1 Å². The van der Waals surface area contributed by atoms with Crippen LogP contribution in [0.15, 0.2) is 73.2 Å². The summed E-state index contributed by atoms with van der Waals surface area (Å²) in [6.07, 6.45) is 10.2. The molecule has 0 atom stereocenters. The third-order valence-corrected chi connectivity index (χ3v) is 5.65. The van der Waals surface area contributed by atoms with Crippen molar-refractivity contribution >= 4 is 27.9 Å². The summed E-state index contributed by atoms with van der Waals surface area (Å²) in [5.41, 5.74) is 5.12. The van der Waals surface area contributed by atoms with Gasteiger partial charge in [0.1, 0.15) is 5.69 Å². The predicted molar refractivity (Wildman–Crippen MR) is 120 cm³/mol. The molecule has 1 aromatic carbocycles. The van der Waals surface area contributed by atoms with Gasteiger partial charge in [-0.25, -0.2) is 9.78 Å². The van der Waals surface area contributed by atoms with Crippen molar-refractivity contribution in [2.75, 3.05) is 0 Å². The maximum atomic E-state index is 10.1. The fourth-order valence-corrected chi connectivity index (χ4v) is 4.24. The number of fused-ring (bicyclic) bond motifs is 4. The second-order valence-corrected chi connectivity index (χ2v) is 7.54. The molecule has 0 saturated heterocycles. The third-order valence-electron chi connectivity index (χ3n) is 5.65. The number of benzene rings is 1. The van der Waals surface area contributed by atoms with Gasteiger partial charge in [0.25, 0.3) is 0 Å². The minimum atomic E-state index is -0.990. The van der Waals surface area contributed by atoms with Crippen molar-refractivity contribution in [2.24, 2.45) is 0 Å². The van der Waals surface area contributed by atoms with Gasteiger partial charge in [-0.1, -0.05) is 42.6 Å². The molecular weight excluding hydrogens is 581 g/mol. The monoisotopic (exact) mass is 602 g/mol. The van der Waals surface area contributed by atoms with Crippen molar-refractivity contribution in [2.45, 2.75) is 25.7 Å². The first-order valence-electron chi connectivity index (χ1n) is 10.4. The zero-order valence-corrected chi connectivity index (χ0v) is 19.6. The van der Waals surface area contributed by atoms with Crippen LogP contribution in [0.3, 0.4) is 0 Å². The minimum absolute atomic E-state index is 0. The molecule has 4 aromatic heterocycles. The summed E-state index contributed by atoms with van der Waals surface area (Å²) >= 11 is 0. The molecule has 1 radical (unpaired) electrons. The van der Waals surface area contributed by atoms with Crippen molar-refractivity contribution in [1.29, 1.82) is 0 Å². The van der Waals surface area contributed by atoms with Gasteiger partial charge in [0.05, 0.1) is 5.65 Å². The molecule has 163 valence electrons. The van der Waals surface area contributed by atoms with Crippen LogP contribution in [0.2, 0.25) is 0 Å². The van der Waals surface area contributed by atoms with E-state index in [9.17, 15) is 4.79 Å². The number of nitrogens with zero attached hydrogens (tertiary/aromatic N) is 4. The van der Waals surface area contributed by atoms with Gasteiger partial charge in [0.2, 0.25) is 0 Å². The van der Waals surface area contributed by atoms with Crippen LogP contribution in [0.1, 0.15) is 34.5 Å². The van der Waals surface area contributed by atoms with Crippen molar-refractivity contribution in [3.63, 3.8) is 0 Å². The summed E-state index contributed by atoms with van der Waals surface area (Å²) in [7, 11) is 0. The second kappa shape index (κ2) is 9.47. The standard InChI is InChI=1S/C19H16N3.C6H5NO2.Ir/c1-2-7-14-13(6-1)12-21-18(14)22-17-10-4-3-8-15(17)16-9-5-11-20-19(16)22;8-6(9)5-3-1-2-4-7-5;/h3-5,8-12H,1-2,6-7H2;1-4H,(H,8,9);/q-1;;. The topological polar surface area (TPSA) is 82.1 Å². The summed E-state index contributed by atoms with van der Waals surface area (Å²) in [5, 5.41) is 10.8. The summed E-state index contributed by atoms with van der Waals surface area (Å²) < 4.78 is 2.24. The summed E-state index contributed by atoms with van der Waals surface area (Å²) in [6.45, 7) is 0. The van der Waals surface area contributed by atoms with Crippen molar-refractivity contribution in [1.82, 2.24) is 19.5 Å². The fraction of sp³-hybridized carbons (Fsp3) is 0.160. The van der Waals surface area contributed by atoms with Crippen molar-refractivity contribution < 1.29 is 30.0 Å². The molecule has 0 spiro atoms. The molecule has 0 amide bonds. The van der Waals surface area contributed by atoms with E-state index in [1.165, 1.54) is 52.5 Å². The zero-order chi connectivity index (χ0) is 21.2. The summed E-state index contributed by atoms with van der Waals surface area (Å²) in [6, 6.07) is 17.4. The fourth-order valence-electron chi connectivity index (χ4n) is 4.24. The smallest absolute Gasteiger partial charge is 0.354 e. The Balaban J connectivity index is 0.000000209. The van der Waals surface area contributed by atoms with Gasteiger partial charge >= 0.3 is 5.97 Å². The van der Waals surface area contributed by atoms with E-state index < -0.39 is 5.97 Å². The molecule has 0 bridgehead atoms. The van der Waals surface area contributed by atoms with Crippen LogP contribution in [-0.2, 0) is 32.9 Å². The Bertz CT molecular complexity index is 1320. The van der Waals surface area contributed by atoms with Crippen LogP contribution in [0.4, 0.5) is 0 Å². The number of aryl methyl sites for hydroxylation is 1. The number of carbonyl (C=O) groups is 1. The molecule has 1 aliphatic rings. The number of rotatable bonds is 2. The molecule has 6 nitrogen and oxygen atoms in total. The number of carboxylic acids is 1. The number of aromatic nitrogens is 4. The van der Waals surface area contributed by atoms with Crippen LogP contribution in [-0.4, -0.2) is 25.6 Å². The minimum Gasteiger partial charge on any atom is -0.477 e. The normalized spacial score (nSPS) is 12.5. The molecule has 5 aromatic rings. The van der Waals surface area contributed by atoms with Gasteiger partial charge < -0.3 is 14.7 Å². The first kappa shape index (κ1) is 21.9. The molecule has 6 rings (SSSR count). The van der Waals surface area contributed by atoms with Crippen LogP contribution in [0.25, 0.3) is 27.8 Å². The van der Waals surface area contributed by atoms with Crippen LogP contribution in [0, 0.1) is 0 Å². The van der Waals surface area contributed by atoms with E-state index in [0.717, 1.165) is 24.3 Å². The number of hydrogen-bond acceptors (Lipinski definition) is 3. The first-order valence-corrected chi connectivity index (χ1v) is 10.4. The third kappa shape index (κ3) is 3.97. The van der Waals surface area contributed by atoms with E-state index in [1.54, 1.807) is 12.1 Å². The molecule has 0 unspecified atom stereocenters. The molecule has 0 saturated carbocycles. The van der Waals surface area contributed by atoms with E-state index in [-0.39, 0.29) is 25.8 Å². The Labute approximate surface area is 198 Å². The van der Waals surface area contributed by atoms with Gasteiger partial charge in [-0.15, -0.1) is 0 Å². The molecular formula is C25H21IrN4O2-. The number of carboxylic acid groups (broad SMARTS) is 1. The number of aromatic carboxylic acids is 1. The summed E-state index contributed by atoms with van der Waals surface area (Å²) in [4.78, 5) is 23.1. The van der Waals surface area contributed by atoms with Crippen molar-refractivity contribution in [3.05, 3.63) is 90.0 Å². The van der Waals surface area contributed by atoms with Gasteiger partial charge in [-0.3, -0.25) is 4.98 Å². The number of para-hydroxylation sites is 1. The second-order valence-electron chi connectivity index (χ2n) is 7.54. The SMILES string of the molecule is O=C(O)c1ccccn1.[Ir].c1ccc2c(c1)c1cccnc1n2-c1[n-]cc2c1CCCC2. The van der Waals surface area contributed by atoms with Gasteiger partial charge in [0, 0.05) is 37.9 Å². The zero-order valence-electron chi connectivity index (χ0n) is 17.2. The van der Waals surface area contributed by atoms with Gasteiger partial charge in [-0.2, -0.15) is 0 Å². The van der Waals surface area contributed by atoms with E-state index in [4.69, 9.17) is 10.1 Å². The Morgan fingerprint density at radius 1 is 0.906 bits per heavy atom. The Hall–Kier alpha value is -3.28. The Morgan fingerprint density at radius 3 is 2.44 bits per heavy atom. The molecule has 0 fully saturated rings. The molecule has 1 N–H and O–H groups in total. The van der Waals surface area contributed by atoms with E-state index >= 15 is 0 Å². The number of pyridine rings is 2. The van der Waals surface area contributed by atoms with Crippen molar-refractivity contribution in [3.8, 4) is 5.82 Å². The molecule has 32 heavy (non-hydrogen) atoms. The molecule has 4 heterocycles. The van der Waals surface area contributed by atoms with E-state index in [0.29, 0.717) is 0 Å². The molecule has 7 heteroatoms. The Kier molecular flexibility index (Phi) is 6.49. The van der Waals surface area contributed by atoms with Gasteiger partial charge in [0.15, 0.2) is 0 Å². The Morgan fingerprint density at radius 2 is 1.66 bits per heavy atom. The average molecular weight is 602 g/mol. The first-order chi connectivity index (χ1) is 15.2. The quantitative estimate of drug-likeness (QED) is 0.315. The van der Waals surface area contributed by atoms with Gasteiger partial charge in [-0.05, 0) is 71.7 Å². The van der Waals surface area contributed by atoms with Crippen LogP contribution >= 0.6 is 0 Å². The maximum Gasteiger partial charge on any atom is 0.354 e. The van der Waals surface area contributed by atoms with E-state index in [1.807, 2.05) is 12.3 Å². The number of hydrogen-bond donors (Lipinski definition) is 1. The predicted octanol–water partition coefficient (Wildman–Crippen LogP) is 4.79. The maximum absolute atomic E-state index is 10.1. The van der Waals surface area contributed by atoms with Crippen LogP contribution in [0.5, 0.6) is 0 Å². The average Bonchev–Trinajstić information content (AvgIpc) is 3.39. The molecule has 0 aliphatic heterocycles. The largest absolute Gasteiger partial charge is 0.477 e. The van der Waals surface area contributed by atoms with Crippen LogP contribution < -0.4 is 4.98 Å². The summed E-state index contributed by atoms with van der Waals surface area (Å²) in [5.74, 6) is 0.0928.